The molecule has 0 aliphatic heterocycles. The Morgan fingerprint density at radius 1 is 1.24 bits per heavy atom. The molecule has 1 aromatic rings. The zero-order valence-corrected chi connectivity index (χ0v) is 17.9. The van der Waals surface area contributed by atoms with Gasteiger partial charge in [0.2, 0.25) is 0 Å². The molecular formula is C19H28O3S3. The van der Waals surface area contributed by atoms with Crippen molar-refractivity contribution in [3.8, 4) is 0 Å². The lowest BCUT2D eigenvalue weighted by Crippen LogP contribution is -2.31. The van der Waals surface area contributed by atoms with Gasteiger partial charge in [-0.25, -0.2) is 0 Å². The second kappa shape index (κ2) is 11.9. The summed E-state index contributed by atoms with van der Waals surface area (Å²) >= 11 is 8.85. The molecule has 0 saturated heterocycles. The van der Waals surface area contributed by atoms with Gasteiger partial charge in [-0.05, 0) is 31.1 Å². The lowest BCUT2D eigenvalue weighted by molar-refractivity contribution is -0.156. The fourth-order valence-electron chi connectivity index (χ4n) is 2.34. The topological polar surface area (TPSA) is 35.5 Å². The highest BCUT2D eigenvalue weighted by molar-refractivity contribution is 8.47. The highest BCUT2D eigenvalue weighted by Crippen LogP contribution is 2.44. The summed E-state index contributed by atoms with van der Waals surface area (Å²) in [7, 11) is 1.60. The zero-order valence-electron chi connectivity index (χ0n) is 15.4. The zero-order chi connectivity index (χ0) is 18.7. The number of thiocarbonyl (C=S) groups is 1. The second-order valence-corrected chi connectivity index (χ2v) is 9.62. The van der Waals surface area contributed by atoms with E-state index in [0.29, 0.717) is 13.0 Å². The Labute approximate surface area is 165 Å². The predicted octanol–water partition coefficient (Wildman–Crippen LogP) is 5.49. The molecule has 0 amide bonds. The summed E-state index contributed by atoms with van der Waals surface area (Å²) in [6.45, 7) is 6.81. The Balaban J connectivity index is 2.92. The normalized spacial score (nSPS) is 14.6. The van der Waals surface area contributed by atoms with Crippen LogP contribution in [0.5, 0.6) is 0 Å². The molecule has 6 heteroatoms. The second-order valence-electron chi connectivity index (χ2n) is 5.95. The molecule has 1 aromatic carbocycles. The summed E-state index contributed by atoms with van der Waals surface area (Å²) in [6, 6.07) is 10.3. The standard InChI is InChI=1S/C19H28O3S3/c1-5-19(3,17(20)22-13-12-21-4)14-16(25-18(23)24-6-2)15-10-8-7-9-11-15/h7-11,16H,5-6,12-14H2,1-4H3. The molecule has 140 valence electrons. The minimum Gasteiger partial charge on any atom is -0.463 e. The smallest absolute Gasteiger partial charge is 0.311 e. The first-order chi connectivity index (χ1) is 12.0. The molecule has 0 spiro atoms. The van der Waals surface area contributed by atoms with Crippen molar-refractivity contribution in [3.05, 3.63) is 35.9 Å². The van der Waals surface area contributed by atoms with Crippen molar-refractivity contribution in [2.45, 2.75) is 38.9 Å². The maximum absolute atomic E-state index is 12.6. The van der Waals surface area contributed by atoms with Crippen molar-refractivity contribution in [1.82, 2.24) is 0 Å². The summed E-state index contributed by atoms with van der Waals surface area (Å²) in [6.07, 6.45) is 1.41. The number of carbonyl (C=O) groups is 1. The highest BCUT2D eigenvalue weighted by atomic mass is 32.2. The van der Waals surface area contributed by atoms with Gasteiger partial charge < -0.3 is 9.47 Å². The number of methoxy groups -OCH3 is 1. The van der Waals surface area contributed by atoms with Gasteiger partial charge in [0.05, 0.1) is 12.0 Å². The number of thioether (sulfide) groups is 2. The van der Waals surface area contributed by atoms with Gasteiger partial charge in [0.1, 0.15) is 10.1 Å². The molecule has 25 heavy (non-hydrogen) atoms. The average molecular weight is 401 g/mol. The summed E-state index contributed by atoms with van der Waals surface area (Å²) in [4.78, 5) is 12.6. The maximum Gasteiger partial charge on any atom is 0.311 e. The Morgan fingerprint density at radius 2 is 1.92 bits per heavy atom. The molecule has 1 rings (SSSR count). The molecule has 0 aliphatic carbocycles. The van der Waals surface area contributed by atoms with Gasteiger partial charge in [-0.2, -0.15) is 0 Å². The van der Waals surface area contributed by atoms with Crippen LogP contribution in [0.2, 0.25) is 0 Å². The van der Waals surface area contributed by atoms with Crippen LogP contribution < -0.4 is 0 Å². The fraction of sp³-hybridized carbons (Fsp3) is 0.579. The fourth-order valence-corrected chi connectivity index (χ4v) is 5.23. The van der Waals surface area contributed by atoms with Crippen molar-refractivity contribution in [1.29, 1.82) is 0 Å². The summed E-state index contributed by atoms with van der Waals surface area (Å²) in [5.41, 5.74) is 0.643. The SMILES string of the molecule is CCSC(=S)SC(CC(C)(CC)C(=O)OCCOC)c1ccccc1. The van der Waals surface area contributed by atoms with Crippen LogP contribution in [-0.2, 0) is 14.3 Å². The van der Waals surface area contributed by atoms with Gasteiger partial charge in [0.25, 0.3) is 0 Å². The average Bonchev–Trinajstić information content (AvgIpc) is 2.62. The molecule has 0 aliphatic rings. The van der Waals surface area contributed by atoms with Crippen molar-refractivity contribution in [2.24, 2.45) is 5.41 Å². The third-order valence-electron chi connectivity index (χ3n) is 4.10. The van der Waals surface area contributed by atoms with E-state index in [1.54, 1.807) is 30.6 Å². The molecule has 2 unspecified atom stereocenters. The Kier molecular flexibility index (Phi) is 10.7. The minimum absolute atomic E-state index is 0.132. The molecule has 0 N–H and O–H groups in total. The van der Waals surface area contributed by atoms with Gasteiger partial charge in [0, 0.05) is 12.4 Å². The molecule has 0 aromatic heterocycles. The number of hydrogen-bond donors (Lipinski definition) is 0. The van der Waals surface area contributed by atoms with E-state index in [1.807, 2.05) is 32.0 Å². The van der Waals surface area contributed by atoms with E-state index in [4.69, 9.17) is 21.7 Å². The Hall–Kier alpha value is -0.560. The van der Waals surface area contributed by atoms with E-state index in [9.17, 15) is 4.79 Å². The maximum atomic E-state index is 12.6. The molecule has 2 atom stereocenters. The summed E-state index contributed by atoms with van der Waals surface area (Å²) in [5.74, 6) is 0.792. The van der Waals surface area contributed by atoms with E-state index < -0.39 is 5.41 Å². The number of hydrogen-bond acceptors (Lipinski definition) is 6. The lowest BCUT2D eigenvalue weighted by Gasteiger charge is -2.30. The molecule has 0 bridgehead atoms. The van der Waals surface area contributed by atoms with E-state index in [-0.39, 0.29) is 17.8 Å². The minimum atomic E-state index is -0.548. The third-order valence-corrected chi connectivity index (χ3v) is 6.83. The van der Waals surface area contributed by atoms with Gasteiger partial charge in [0.15, 0.2) is 0 Å². The number of benzene rings is 1. The van der Waals surface area contributed by atoms with Crippen LogP contribution in [0, 0.1) is 5.41 Å². The van der Waals surface area contributed by atoms with Gasteiger partial charge in [-0.15, -0.1) is 11.8 Å². The molecule has 0 heterocycles. The van der Waals surface area contributed by atoms with E-state index in [2.05, 4.69) is 19.1 Å². The quantitative estimate of drug-likeness (QED) is 0.293. The van der Waals surface area contributed by atoms with Gasteiger partial charge in [-0.3, -0.25) is 4.79 Å². The first-order valence-corrected chi connectivity index (χ1v) is 10.8. The first kappa shape index (κ1) is 22.5. The van der Waals surface area contributed by atoms with Crippen molar-refractivity contribution in [2.75, 3.05) is 26.1 Å². The Morgan fingerprint density at radius 3 is 2.48 bits per heavy atom. The number of carbonyl (C=O) groups excluding carboxylic acids is 1. The van der Waals surface area contributed by atoms with Crippen LogP contribution in [0.3, 0.4) is 0 Å². The third kappa shape index (κ3) is 7.69. The monoisotopic (exact) mass is 400 g/mol. The lowest BCUT2D eigenvalue weighted by atomic mass is 9.81. The molecular weight excluding hydrogens is 372 g/mol. The van der Waals surface area contributed by atoms with Crippen LogP contribution in [0.4, 0.5) is 0 Å². The van der Waals surface area contributed by atoms with E-state index in [0.717, 1.165) is 15.7 Å². The molecule has 3 nitrogen and oxygen atoms in total. The van der Waals surface area contributed by atoms with E-state index in [1.165, 1.54) is 5.56 Å². The van der Waals surface area contributed by atoms with Gasteiger partial charge in [-0.1, -0.05) is 68.2 Å². The molecule has 0 saturated carbocycles. The number of esters is 1. The number of rotatable bonds is 10. The van der Waals surface area contributed by atoms with E-state index >= 15 is 0 Å². The van der Waals surface area contributed by atoms with Crippen LogP contribution in [0.25, 0.3) is 0 Å². The van der Waals surface area contributed by atoms with Crippen molar-refractivity contribution < 1.29 is 14.3 Å². The highest BCUT2D eigenvalue weighted by Gasteiger charge is 2.36. The van der Waals surface area contributed by atoms with Crippen LogP contribution >= 0.6 is 35.7 Å². The number of ether oxygens (including phenoxy) is 2. The summed E-state index contributed by atoms with van der Waals surface area (Å²) in [5, 5.41) is 0.132. The predicted molar refractivity (Wildman–Crippen MR) is 113 cm³/mol. The summed E-state index contributed by atoms with van der Waals surface area (Å²) < 4.78 is 11.3. The van der Waals surface area contributed by atoms with Crippen molar-refractivity contribution >= 4 is 45.2 Å². The Bertz CT molecular complexity index is 536. The largest absolute Gasteiger partial charge is 0.463 e. The molecule has 0 fully saturated rings. The van der Waals surface area contributed by atoms with Crippen molar-refractivity contribution in [3.63, 3.8) is 0 Å². The van der Waals surface area contributed by atoms with Crippen LogP contribution in [0.1, 0.15) is 44.4 Å². The van der Waals surface area contributed by atoms with Gasteiger partial charge >= 0.3 is 5.97 Å². The van der Waals surface area contributed by atoms with Crippen LogP contribution in [0.15, 0.2) is 30.3 Å². The van der Waals surface area contributed by atoms with Crippen LogP contribution in [-0.4, -0.2) is 35.6 Å². The molecule has 0 radical (unpaired) electrons. The first-order valence-electron chi connectivity index (χ1n) is 8.51.